The number of carbonyl (C=O) groups excluding carboxylic acids is 2. The summed E-state index contributed by atoms with van der Waals surface area (Å²) in [5.74, 6) is 0.156. The van der Waals surface area contributed by atoms with Crippen molar-refractivity contribution in [3.05, 3.63) is 65.7 Å². The molecule has 6 nitrogen and oxygen atoms in total. The van der Waals surface area contributed by atoms with E-state index in [-0.39, 0.29) is 18.0 Å². The second-order valence-corrected chi connectivity index (χ2v) is 9.68. The molecular weight excluding hydrogens is 424 g/mol. The third-order valence-electron chi connectivity index (χ3n) is 7.09. The number of urea groups is 1. The van der Waals surface area contributed by atoms with Gasteiger partial charge in [-0.2, -0.15) is 0 Å². The number of hydrogen-bond donors (Lipinski definition) is 1. The van der Waals surface area contributed by atoms with Crippen molar-refractivity contribution in [1.29, 1.82) is 0 Å². The third kappa shape index (κ3) is 6.83. The number of nitrogens with zero attached hydrogens (tertiary/aromatic N) is 3. The van der Waals surface area contributed by atoms with Crippen LogP contribution in [0.15, 0.2) is 54.6 Å². The van der Waals surface area contributed by atoms with Gasteiger partial charge in [0.15, 0.2) is 0 Å². The molecule has 1 aliphatic heterocycles. The highest BCUT2D eigenvalue weighted by Gasteiger charge is 2.28. The standard InChI is InChI=1S/C28H38N4O2/c1-23-9-8-12-25(21-23)29-28(34)32(26-13-6-3-7-14-26)16-15-27(33)31-19-17-30(18-20-31)22-24-10-4-2-5-11-24/h2,4-5,8-12,21,26H,3,6-7,13-20,22H2,1H3,(H,29,34). The van der Waals surface area contributed by atoms with E-state index in [9.17, 15) is 9.59 Å². The lowest BCUT2D eigenvalue weighted by Gasteiger charge is -2.37. The zero-order chi connectivity index (χ0) is 23.8. The van der Waals surface area contributed by atoms with Crippen molar-refractivity contribution >= 4 is 17.6 Å². The molecule has 4 rings (SSSR count). The van der Waals surface area contributed by atoms with Gasteiger partial charge < -0.3 is 15.1 Å². The molecule has 2 aromatic carbocycles. The highest BCUT2D eigenvalue weighted by atomic mass is 16.2. The Morgan fingerprint density at radius 1 is 0.941 bits per heavy atom. The van der Waals surface area contributed by atoms with E-state index in [0.717, 1.165) is 69.7 Å². The molecule has 182 valence electrons. The van der Waals surface area contributed by atoms with Crippen LogP contribution in [0.3, 0.4) is 0 Å². The van der Waals surface area contributed by atoms with Gasteiger partial charge in [0.25, 0.3) is 0 Å². The predicted molar refractivity (Wildman–Crippen MR) is 137 cm³/mol. The van der Waals surface area contributed by atoms with Crippen LogP contribution in [-0.4, -0.2) is 65.4 Å². The molecule has 1 aliphatic carbocycles. The van der Waals surface area contributed by atoms with Crippen LogP contribution in [0.4, 0.5) is 10.5 Å². The highest BCUT2D eigenvalue weighted by molar-refractivity contribution is 5.90. The summed E-state index contributed by atoms with van der Waals surface area (Å²) < 4.78 is 0. The van der Waals surface area contributed by atoms with Gasteiger partial charge in [-0.3, -0.25) is 9.69 Å². The Morgan fingerprint density at radius 3 is 2.38 bits per heavy atom. The van der Waals surface area contributed by atoms with Gasteiger partial charge >= 0.3 is 6.03 Å². The molecule has 1 N–H and O–H groups in total. The molecule has 34 heavy (non-hydrogen) atoms. The first kappa shape index (κ1) is 24.3. The average molecular weight is 463 g/mol. The van der Waals surface area contributed by atoms with Crippen molar-refractivity contribution in [2.75, 3.05) is 38.0 Å². The maximum atomic E-state index is 13.2. The van der Waals surface area contributed by atoms with Crippen LogP contribution in [0.1, 0.15) is 49.7 Å². The fraction of sp³-hybridized carbons (Fsp3) is 0.500. The van der Waals surface area contributed by atoms with Crippen molar-refractivity contribution in [3.63, 3.8) is 0 Å². The molecule has 1 saturated heterocycles. The lowest BCUT2D eigenvalue weighted by molar-refractivity contribution is -0.133. The first-order chi connectivity index (χ1) is 16.6. The molecule has 2 fully saturated rings. The van der Waals surface area contributed by atoms with E-state index in [1.165, 1.54) is 12.0 Å². The molecule has 1 heterocycles. The predicted octanol–water partition coefficient (Wildman–Crippen LogP) is 4.90. The molecule has 0 radical (unpaired) electrons. The topological polar surface area (TPSA) is 55.9 Å². The monoisotopic (exact) mass is 462 g/mol. The second-order valence-electron chi connectivity index (χ2n) is 9.68. The maximum absolute atomic E-state index is 13.2. The van der Waals surface area contributed by atoms with E-state index in [0.29, 0.717) is 13.0 Å². The first-order valence-corrected chi connectivity index (χ1v) is 12.8. The molecule has 0 bridgehead atoms. The quantitative estimate of drug-likeness (QED) is 0.637. The van der Waals surface area contributed by atoms with Crippen molar-refractivity contribution in [3.8, 4) is 0 Å². The third-order valence-corrected chi connectivity index (χ3v) is 7.09. The van der Waals surface area contributed by atoms with Crippen LogP contribution in [0.25, 0.3) is 0 Å². The number of amides is 3. The molecule has 0 atom stereocenters. The number of hydrogen-bond acceptors (Lipinski definition) is 3. The number of aryl methyl sites for hydroxylation is 1. The van der Waals surface area contributed by atoms with Gasteiger partial charge in [-0.05, 0) is 43.0 Å². The molecule has 0 unspecified atom stereocenters. The zero-order valence-electron chi connectivity index (χ0n) is 20.4. The Labute approximate surface area is 203 Å². The van der Waals surface area contributed by atoms with Crippen LogP contribution in [0.5, 0.6) is 0 Å². The molecule has 3 amide bonds. The van der Waals surface area contributed by atoms with Gasteiger partial charge in [0.2, 0.25) is 5.91 Å². The summed E-state index contributed by atoms with van der Waals surface area (Å²) in [5.41, 5.74) is 3.24. The molecule has 2 aliphatic rings. The van der Waals surface area contributed by atoms with Crippen LogP contribution in [-0.2, 0) is 11.3 Å². The summed E-state index contributed by atoms with van der Waals surface area (Å²) in [4.78, 5) is 32.5. The van der Waals surface area contributed by atoms with E-state index >= 15 is 0 Å². The van der Waals surface area contributed by atoms with Crippen LogP contribution < -0.4 is 5.32 Å². The number of rotatable bonds is 7. The number of nitrogens with one attached hydrogen (secondary N) is 1. The lowest BCUT2D eigenvalue weighted by Crippen LogP contribution is -2.50. The Bertz CT molecular complexity index is 934. The van der Waals surface area contributed by atoms with Gasteiger partial charge in [0.1, 0.15) is 0 Å². The molecule has 1 saturated carbocycles. The molecule has 0 spiro atoms. The van der Waals surface area contributed by atoms with Crippen LogP contribution in [0.2, 0.25) is 0 Å². The minimum Gasteiger partial charge on any atom is -0.340 e. The van der Waals surface area contributed by atoms with Gasteiger partial charge in [0, 0.05) is 57.4 Å². The summed E-state index contributed by atoms with van der Waals surface area (Å²) in [6.07, 6.45) is 5.96. The Hall–Kier alpha value is -2.86. The number of piperazine rings is 1. The Kier molecular flexibility index (Phi) is 8.58. The minimum absolute atomic E-state index is 0.0852. The Morgan fingerprint density at radius 2 is 1.68 bits per heavy atom. The summed E-state index contributed by atoms with van der Waals surface area (Å²) in [5, 5.41) is 3.07. The van der Waals surface area contributed by atoms with Gasteiger partial charge in [-0.1, -0.05) is 61.7 Å². The maximum Gasteiger partial charge on any atom is 0.322 e. The average Bonchev–Trinajstić information content (AvgIpc) is 2.86. The van der Waals surface area contributed by atoms with Crippen molar-refractivity contribution in [2.45, 2.75) is 58.0 Å². The van der Waals surface area contributed by atoms with Gasteiger partial charge in [-0.15, -0.1) is 0 Å². The Balaban J connectivity index is 1.30. The smallest absolute Gasteiger partial charge is 0.322 e. The zero-order valence-corrected chi connectivity index (χ0v) is 20.4. The molecule has 0 aromatic heterocycles. The van der Waals surface area contributed by atoms with Gasteiger partial charge in [-0.25, -0.2) is 4.79 Å². The molecule has 2 aromatic rings. The van der Waals surface area contributed by atoms with E-state index in [1.807, 2.05) is 47.1 Å². The molecular formula is C28H38N4O2. The summed E-state index contributed by atoms with van der Waals surface area (Å²) in [7, 11) is 0. The number of benzene rings is 2. The minimum atomic E-state index is -0.0852. The van der Waals surface area contributed by atoms with Crippen molar-refractivity contribution < 1.29 is 9.59 Å². The lowest BCUT2D eigenvalue weighted by atomic mass is 9.94. The SMILES string of the molecule is Cc1cccc(NC(=O)N(CCC(=O)N2CCN(Cc3ccccc3)CC2)C2CCCCC2)c1. The van der Waals surface area contributed by atoms with Crippen LogP contribution >= 0.6 is 0 Å². The fourth-order valence-corrected chi connectivity index (χ4v) is 5.13. The van der Waals surface area contributed by atoms with E-state index < -0.39 is 0 Å². The second kappa shape index (κ2) is 12.0. The van der Waals surface area contributed by atoms with E-state index in [1.54, 1.807) is 0 Å². The van der Waals surface area contributed by atoms with E-state index in [2.05, 4.69) is 34.5 Å². The largest absolute Gasteiger partial charge is 0.340 e. The fourth-order valence-electron chi connectivity index (χ4n) is 5.13. The molecule has 6 heteroatoms. The first-order valence-electron chi connectivity index (χ1n) is 12.8. The summed E-state index contributed by atoms with van der Waals surface area (Å²) in [6, 6.07) is 18.5. The normalized spacial score (nSPS) is 17.4. The van der Waals surface area contributed by atoms with Crippen LogP contribution in [0, 0.1) is 6.92 Å². The van der Waals surface area contributed by atoms with Gasteiger partial charge in [0.05, 0.1) is 0 Å². The number of anilines is 1. The summed E-state index contributed by atoms with van der Waals surface area (Å²) in [6.45, 7) is 6.71. The number of carbonyl (C=O) groups is 2. The highest BCUT2D eigenvalue weighted by Crippen LogP contribution is 2.24. The summed E-state index contributed by atoms with van der Waals surface area (Å²) >= 11 is 0. The van der Waals surface area contributed by atoms with E-state index in [4.69, 9.17) is 0 Å². The van der Waals surface area contributed by atoms with Crippen molar-refractivity contribution in [1.82, 2.24) is 14.7 Å². The van der Waals surface area contributed by atoms with Crippen molar-refractivity contribution in [2.24, 2.45) is 0 Å².